The van der Waals surface area contributed by atoms with Crippen LogP contribution in [0.2, 0.25) is 0 Å². The summed E-state index contributed by atoms with van der Waals surface area (Å²) in [6.45, 7) is 7.48. The first-order valence-electron chi connectivity index (χ1n) is 6.91. The molecule has 0 N–H and O–H groups in total. The third-order valence-electron chi connectivity index (χ3n) is 3.42. The van der Waals surface area contributed by atoms with Crippen LogP contribution in [0.3, 0.4) is 0 Å². The number of carbonyl (C=O) groups excluding carboxylic acids is 1. The summed E-state index contributed by atoms with van der Waals surface area (Å²) in [4.78, 5) is 14.3. The number of sulfone groups is 1. The lowest BCUT2D eigenvalue weighted by atomic mass is 9.93. The third kappa shape index (κ3) is 3.53. The maximum absolute atomic E-state index is 12.7. The fourth-order valence-electron chi connectivity index (χ4n) is 2.25. The molecule has 0 spiro atoms. The average Bonchev–Trinajstić information content (AvgIpc) is 2.71. The Morgan fingerprint density at radius 3 is 2.19 bits per heavy atom. The average molecular weight is 307 g/mol. The third-order valence-corrected chi connectivity index (χ3v) is 4.79. The van der Waals surface area contributed by atoms with Crippen molar-refractivity contribution in [2.75, 3.05) is 10.7 Å². The topological polar surface area (TPSA) is 54.5 Å². The molecule has 114 valence electrons. The normalized spacial score (nSPS) is 20.5. The van der Waals surface area contributed by atoms with Crippen molar-refractivity contribution in [3.05, 3.63) is 41.3 Å². The molecule has 4 nitrogen and oxygen atoms in total. The number of nitrogens with zero attached hydrogens (tertiary/aromatic N) is 1. The van der Waals surface area contributed by atoms with Gasteiger partial charge in [-0.1, -0.05) is 38.5 Å². The van der Waals surface area contributed by atoms with Crippen molar-refractivity contribution >= 4 is 21.4 Å². The monoisotopic (exact) mass is 307 g/mol. The number of anilines is 1. The Labute approximate surface area is 126 Å². The first-order chi connectivity index (χ1) is 9.60. The van der Waals surface area contributed by atoms with Crippen LogP contribution in [0.5, 0.6) is 0 Å². The number of aryl methyl sites for hydroxylation is 1. The van der Waals surface area contributed by atoms with Crippen LogP contribution in [0.25, 0.3) is 0 Å². The highest BCUT2D eigenvalue weighted by atomic mass is 32.2. The van der Waals surface area contributed by atoms with Gasteiger partial charge in [0.25, 0.3) is 0 Å². The second kappa shape index (κ2) is 5.30. The zero-order valence-electron chi connectivity index (χ0n) is 12.8. The maximum atomic E-state index is 12.7. The summed E-state index contributed by atoms with van der Waals surface area (Å²) in [6.07, 6.45) is 1.60. The Morgan fingerprint density at radius 2 is 1.76 bits per heavy atom. The van der Waals surface area contributed by atoms with E-state index in [1.165, 1.54) is 5.41 Å². The van der Waals surface area contributed by atoms with Gasteiger partial charge in [0.2, 0.25) is 5.91 Å². The first-order valence-corrected chi connectivity index (χ1v) is 8.63. The number of benzene rings is 1. The summed E-state index contributed by atoms with van der Waals surface area (Å²) in [5.41, 5.74) is 1.24. The van der Waals surface area contributed by atoms with Crippen molar-refractivity contribution in [3.63, 3.8) is 0 Å². The van der Waals surface area contributed by atoms with Crippen molar-refractivity contribution in [1.82, 2.24) is 0 Å². The van der Waals surface area contributed by atoms with E-state index in [2.05, 4.69) is 0 Å². The molecule has 1 aliphatic rings. The van der Waals surface area contributed by atoms with Crippen LogP contribution < -0.4 is 4.90 Å². The van der Waals surface area contributed by atoms with E-state index in [0.717, 1.165) is 11.3 Å². The lowest BCUT2D eigenvalue weighted by Gasteiger charge is -2.33. The van der Waals surface area contributed by atoms with E-state index >= 15 is 0 Å². The number of rotatable bonds is 2. The van der Waals surface area contributed by atoms with Gasteiger partial charge in [-0.15, -0.1) is 0 Å². The molecule has 1 aliphatic heterocycles. The van der Waals surface area contributed by atoms with E-state index in [4.69, 9.17) is 0 Å². The SMILES string of the molecule is Cc1ccc(N(C(=O)C(C)(C)C)[C@@H]2C=CS(=O)(=O)C2)cc1. The lowest BCUT2D eigenvalue weighted by molar-refractivity contribution is -0.126. The van der Waals surface area contributed by atoms with Crippen molar-refractivity contribution in [2.45, 2.75) is 33.7 Å². The molecular formula is C16H21NO3S. The minimum atomic E-state index is -3.21. The Balaban J connectivity index is 2.43. The van der Waals surface area contributed by atoms with Gasteiger partial charge in [-0.2, -0.15) is 0 Å². The zero-order valence-corrected chi connectivity index (χ0v) is 13.6. The molecule has 21 heavy (non-hydrogen) atoms. The van der Waals surface area contributed by atoms with Gasteiger partial charge in [-0.05, 0) is 25.1 Å². The number of hydrogen-bond acceptors (Lipinski definition) is 3. The lowest BCUT2D eigenvalue weighted by Crippen LogP contribution is -2.46. The highest BCUT2D eigenvalue weighted by Crippen LogP contribution is 2.28. The Hall–Kier alpha value is -1.62. The highest BCUT2D eigenvalue weighted by Gasteiger charge is 2.36. The fraction of sp³-hybridized carbons (Fsp3) is 0.438. The van der Waals surface area contributed by atoms with Gasteiger partial charge in [-0.3, -0.25) is 4.79 Å². The molecule has 1 aromatic carbocycles. The van der Waals surface area contributed by atoms with Gasteiger partial charge in [-0.25, -0.2) is 8.42 Å². The minimum Gasteiger partial charge on any atom is -0.304 e. The Bertz CT molecular complexity index is 666. The van der Waals surface area contributed by atoms with Crippen LogP contribution in [0.1, 0.15) is 26.3 Å². The van der Waals surface area contributed by atoms with Crippen LogP contribution in [0.15, 0.2) is 35.7 Å². The Morgan fingerprint density at radius 1 is 1.19 bits per heavy atom. The Kier molecular flexibility index (Phi) is 3.97. The summed E-state index contributed by atoms with van der Waals surface area (Å²) >= 11 is 0. The van der Waals surface area contributed by atoms with E-state index in [0.29, 0.717) is 0 Å². The first kappa shape index (κ1) is 15.8. The molecule has 1 atom stereocenters. The molecule has 0 saturated carbocycles. The van der Waals surface area contributed by atoms with Crippen molar-refractivity contribution in [3.8, 4) is 0 Å². The van der Waals surface area contributed by atoms with Gasteiger partial charge in [0.1, 0.15) is 0 Å². The molecule has 1 aromatic rings. The molecular weight excluding hydrogens is 286 g/mol. The summed E-state index contributed by atoms with van der Waals surface area (Å²) in [6, 6.07) is 7.12. The van der Waals surface area contributed by atoms with Crippen LogP contribution in [0, 0.1) is 12.3 Å². The highest BCUT2D eigenvalue weighted by molar-refractivity contribution is 7.94. The molecule has 0 unspecified atom stereocenters. The van der Waals surface area contributed by atoms with E-state index in [1.807, 2.05) is 52.0 Å². The van der Waals surface area contributed by atoms with Crippen LogP contribution in [-0.4, -0.2) is 26.1 Å². The van der Waals surface area contributed by atoms with Crippen LogP contribution in [-0.2, 0) is 14.6 Å². The molecule has 0 radical (unpaired) electrons. The van der Waals surface area contributed by atoms with Gasteiger partial charge in [0, 0.05) is 16.5 Å². The van der Waals surface area contributed by atoms with Gasteiger partial charge >= 0.3 is 0 Å². The molecule has 0 fully saturated rings. The summed E-state index contributed by atoms with van der Waals surface area (Å²) in [5.74, 6) is -0.138. The molecule has 0 aromatic heterocycles. The predicted octanol–water partition coefficient (Wildman–Crippen LogP) is 2.68. The second-order valence-electron chi connectivity index (χ2n) is 6.49. The van der Waals surface area contributed by atoms with Gasteiger partial charge in [0.15, 0.2) is 9.84 Å². The number of hydrogen-bond donors (Lipinski definition) is 0. The molecule has 0 aliphatic carbocycles. The summed E-state index contributed by atoms with van der Waals surface area (Å²) < 4.78 is 23.4. The second-order valence-corrected chi connectivity index (χ2v) is 8.42. The summed E-state index contributed by atoms with van der Waals surface area (Å²) in [7, 11) is -3.21. The van der Waals surface area contributed by atoms with Crippen LogP contribution >= 0.6 is 0 Å². The van der Waals surface area contributed by atoms with Crippen LogP contribution in [0.4, 0.5) is 5.69 Å². The van der Waals surface area contributed by atoms with Gasteiger partial charge < -0.3 is 4.90 Å². The quantitative estimate of drug-likeness (QED) is 0.844. The van der Waals surface area contributed by atoms with Crippen molar-refractivity contribution in [1.29, 1.82) is 0 Å². The van der Waals surface area contributed by atoms with Crippen molar-refractivity contribution < 1.29 is 13.2 Å². The maximum Gasteiger partial charge on any atom is 0.232 e. The molecule has 0 saturated heterocycles. The number of carbonyl (C=O) groups is 1. The molecule has 2 rings (SSSR count). The predicted molar refractivity (Wildman–Crippen MR) is 84.8 cm³/mol. The zero-order chi connectivity index (χ0) is 15.8. The summed E-state index contributed by atoms with van der Waals surface area (Å²) in [5, 5.41) is 1.20. The molecule has 1 amide bonds. The van der Waals surface area contributed by atoms with Gasteiger partial charge in [0.05, 0.1) is 11.8 Å². The van der Waals surface area contributed by atoms with E-state index in [9.17, 15) is 13.2 Å². The smallest absolute Gasteiger partial charge is 0.232 e. The van der Waals surface area contributed by atoms with E-state index in [1.54, 1.807) is 11.0 Å². The standard InChI is InChI=1S/C16H21NO3S/c1-12-5-7-13(8-6-12)17(15(18)16(2,3)4)14-9-10-21(19,20)11-14/h5-10,14H,11H2,1-4H3/t14-/m1/s1. The van der Waals surface area contributed by atoms with E-state index in [-0.39, 0.29) is 11.7 Å². The van der Waals surface area contributed by atoms with Crippen molar-refractivity contribution in [2.24, 2.45) is 5.41 Å². The number of amides is 1. The molecule has 1 heterocycles. The molecule has 5 heteroatoms. The molecule has 0 bridgehead atoms. The minimum absolute atomic E-state index is 0.0529. The fourth-order valence-corrected chi connectivity index (χ4v) is 3.51. The largest absolute Gasteiger partial charge is 0.304 e. The van der Waals surface area contributed by atoms with E-state index < -0.39 is 21.3 Å².